The first-order valence-corrected chi connectivity index (χ1v) is 11.0. The van der Waals surface area contributed by atoms with E-state index < -0.39 is 0 Å². The molecule has 0 amide bonds. The van der Waals surface area contributed by atoms with Crippen molar-refractivity contribution < 1.29 is 9.53 Å². The zero-order chi connectivity index (χ0) is 20.7. The standard InChI is InChI=1S/C20H35N5O2S.HI/c1-7-27-18(26)16-14(2)23-17(28-16)15(3)24-19(21-6)22-13-20(4,5)25-11-9-8-10-12-25;/h15H,7-13H2,1-6H3,(H2,21,22,24);1H. The van der Waals surface area contributed by atoms with Crippen LogP contribution in [0.1, 0.15) is 73.4 Å². The number of nitrogens with one attached hydrogen (secondary N) is 2. The number of nitrogens with zero attached hydrogens (tertiary/aromatic N) is 3. The van der Waals surface area contributed by atoms with Crippen molar-refractivity contribution >= 4 is 47.2 Å². The summed E-state index contributed by atoms with van der Waals surface area (Å²) < 4.78 is 5.11. The number of carbonyl (C=O) groups is 1. The number of esters is 1. The van der Waals surface area contributed by atoms with Gasteiger partial charge in [0.2, 0.25) is 0 Å². The summed E-state index contributed by atoms with van der Waals surface area (Å²) in [7, 11) is 1.77. The molecule has 0 spiro atoms. The summed E-state index contributed by atoms with van der Waals surface area (Å²) in [4.78, 5) is 24.1. The lowest BCUT2D eigenvalue weighted by atomic mass is 9.98. The second-order valence-electron chi connectivity index (χ2n) is 7.84. The van der Waals surface area contributed by atoms with Crippen molar-refractivity contribution in [2.24, 2.45) is 4.99 Å². The predicted molar refractivity (Wildman–Crippen MR) is 131 cm³/mol. The fourth-order valence-corrected chi connectivity index (χ4v) is 4.32. The molecule has 9 heteroatoms. The molecule has 2 N–H and O–H groups in total. The number of ether oxygens (including phenoxy) is 1. The Morgan fingerprint density at radius 2 is 2.00 bits per heavy atom. The van der Waals surface area contributed by atoms with Crippen LogP contribution in [-0.2, 0) is 4.74 Å². The Morgan fingerprint density at radius 3 is 2.59 bits per heavy atom. The molecule has 0 bridgehead atoms. The molecule has 0 aromatic carbocycles. The van der Waals surface area contributed by atoms with Gasteiger partial charge < -0.3 is 15.4 Å². The molecule has 1 atom stereocenters. The van der Waals surface area contributed by atoms with Crippen molar-refractivity contribution in [3.63, 3.8) is 0 Å². The molecule has 29 heavy (non-hydrogen) atoms. The maximum Gasteiger partial charge on any atom is 0.350 e. The Labute approximate surface area is 196 Å². The van der Waals surface area contributed by atoms with Crippen LogP contribution in [-0.4, -0.2) is 60.6 Å². The zero-order valence-corrected chi connectivity index (χ0v) is 21.6. The Morgan fingerprint density at radius 1 is 1.34 bits per heavy atom. The second kappa shape index (κ2) is 12.0. The van der Waals surface area contributed by atoms with Crippen LogP contribution in [0.3, 0.4) is 0 Å². The van der Waals surface area contributed by atoms with Crippen molar-refractivity contribution in [1.29, 1.82) is 0 Å². The highest BCUT2D eigenvalue weighted by atomic mass is 127. The Balaban J connectivity index is 0.00000420. The van der Waals surface area contributed by atoms with Gasteiger partial charge in [-0.25, -0.2) is 9.78 Å². The van der Waals surface area contributed by atoms with Gasteiger partial charge >= 0.3 is 5.97 Å². The number of aryl methyl sites for hydroxylation is 1. The van der Waals surface area contributed by atoms with Crippen LogP contribution in [0.4, 0.5) is 0 Å². The van der Waals surface area contributed by atoms with E-state index in [1.54, 1.807) is 14.0 Å². The maximum atomic E-state index is 12.0. The van der Waals surface area contributed by atoms with Crippen LogP contribution < -0.4 is 10.6 Å². The van der Waals surface area contributed by atoms with Crippen LogP contribution in [0.25, 0.3) is 0 Å². The smallest absolute Gasteiger partial charge is 0.350 e. The van der Waals surface area contributed by atoms with Crippen molar-refractivity contribution in [1.82, 2.24) is 20.5 Å². The molecule has 1 unspecified atom stereocenters. The molecule has 0 radical (unpaired) electrons. The van der Waals surface area contributed by atoms with Crippen molar-refractivity contribution in [3.05, 3.63) is 15.6 Å². The first-order chi connectivity index (χ1) is 13.3. The number of aromatic nitrogens is 1. The second-order valence-corrected chi connectivity index (χ2v) is 8.87. The van der Waals surface area contributed by atoms with Crippen LogP contribution in [0, 0.1) is 6.92 Å². The normalized spacial score (nSPS) is 16.7. The summed E-state index contributed by atoms with van der Waals surface area (Å²) in [5.74, 6) is 0.435. The average Bonchev–Trinajstić information content (AvgIpc) is 3.08. The number of aliphatic imine (C=N–C) groups is 1. The number of thiazole rings is 1. The van der Waals surface area contributed by atoms with Crippen molar-refractivity contribution in [2.75, 3.05) is 33.3 Å². The number of guanidine groups is 1. The SMILES string of the molecule is CCOC(=O)c1sc(C(C)NC(=NC)NCC(C)(C)N2CCCCC2)nc1C.I. The van der Waals surface area contributed by atoms with Gasteiger partial charge in [-0.2, -0.15) is 0 Å². The molecular weight excluding hydrogens is 501 g/mol. The average molecular weight is 538 g/mol. The lowest BCUT2D eigenvalue weighted by Crippen LogP contribution is -2.55. The molecule has 2 rings (SSSR count). The van der Waals surface area contributed by atoms with Gasteiger partial charge in [-0.3, -0.25) is 9.89 Å². The number of carbonyl (C=O) groups excluding carboxylic acids is 1. The molecule has 0 saturated carbocycles. The Bertz CT molecular complexity index is 686. The third-order valence-corrected chi connectivity index (χ3v) is 6.44. The number of halogens is 1. The molecular formula is C20H36IN5O2S. The fraction of sp³-hybridized carbons (Fsp3) is 0.750. The van der Waals surface area contributed by atoms with E-state index in [0.717, 1.165) is 30.6 Å². The van der Waals surface area contributed by atoms with Gasteiger partial charge in [-0.15, -0.1) is 35.3 Å². The first-order valence-electron chi connectivity index (χ1n) is 10.1. The topological polar surface area (TPSA) is 78.8 Å². The summed E-state index contributed by atoms with van der Waals surface area (Å²) >= 11 is 1.38. The Hall–Kier alpha value is -0.940. The molecule has 0 aliphatic carbocycles. The van der Waals surface area contributed by atoms with Gasteiger partial charge in [-0.05, 0) is 60.5 Å². The summed E-state index contributed by atoms with van der Waals surface area (Å²) in [6.07, 6.45) is 3.89. The van der Waals surface area contributed by atoms with E-state index in [0.29, 0.717) is 17.2 Å². The maximum absolute atomic E-state index is 12.0. The minimum absolute atomic E-state index is 0. The highest BCUT2D eigenvalue weighted by molar-refractivity contribution is 14.0. The van der Waals surface area contributed by atoms with Crippen LogP contribution >= 0.6 is 35.3 Å². The number of hydrogen-bond donors (Lipinski definition) is 2. The van der Waals surface area contributed by atoms with Gasteiger partial charge in [0.05, 0.1) is 18.3 Å². The van der Waals surface area contributed by atoms with Gasteiger partial charge in [0.1, 0.15) is 9.88 Å². The van der Waals surface area contributed by atoms with Crippen LogP contribution in [0.5, 0.6) is 0 Å². The minimum Gasteiger partial charge on any atom is -0.462 e. The van der Waals surface area contributed by atoms with E-state index in [1.807, 2.05) is 13.8 Å². The van der Waals surface area contributed by atoms with Gasteiger partial charge in [-0.1, -0.05) is 6.42 Å². The number of likely N-dealkylation sites (tertiary alicyclic amines) is 1. The van der Waals surface area contributed by atoms with E-state index >= 15 is 0 Å². The minimum atomic E-state index is -0.304. The van der Waals surface area contributed by atoms with Crippen LogP contribution in [0.2, 0.25) is 0 Å². The quantitative estimate of drug-likeness (QED) is 0.239. The highest BCUT2D eigenvalue weighted by Gasteiger charge is 2.28. The van der Waals surface area contributed by atoms with E-state index in [2.05, 4.69) is 39.4 Å². The summed E-state index contributed by atoms with van der Waals surface area (Å²) in [5, 5.41) is 7.69. The van der Waals surface area contributed by atoms with Gasteiger partial charge in [0.15, 0.2) is 5.96 Å². The van der Waals surface area contributed by atoms with E-state index in [-0.39, 0.29) is 41.5 Å². The van der Waals surface area contributed by atoms with Crippen LogP contribution in [0.15, 0.2) is 4.99 Å². The van der Waals surface area contributed by atoms with Gasteiger partial charge in [0, 0.05) is 19.1 Å². The largest absolute Gasteiger partial charge is 0.462 e. The lowest BCUT2D eigenvalue weighted by Gasteiger charge is -2.41. The van der Waals surface area contributed by atoms with Crippen molar-refractivity contribution in [2.45, 2.75) is 65.5 Å². The molecule has 1 aliphatic rings. The summed E-state index contributed by atoms with van der Waals surface area (Å²) in [6.45, 7) is 13.7. The molecule has 1 aliphatic heterocycles. The first kappa shape index (κ1) is 26.1. The Kier molecular flexibility index (Phi) is 10.8. The molecule has 2 heterocycles. The molecule has 166 valence electrons. The monoisotopic (exact) mass is 537 g/mol. The van der Waals surface area contributed by atoms with Crippen molar-refractivity contribution in [3.8, 4) is 0 Å². The van der Waals surface area contributed by atoms with E-state index in [1.165, 1.54) is 30.6 Å². The number of hydrogen-bond acceptors (Lipinski definition) is 6. The molecule has 1 aromatic rings. The van der Waals surface area contributed by atoms with E-state index in [9.17, 15) is 4.79 Å². The molecule has 1 fully saturated rings. The number of rotatable bonds is 7. The van der Waals surface area contributed by atoms with Gasteiger partial charge in [0.25, 0.3) is 0 Å². The lowest BCUT2D eigenvalue weighted by molar-refractivity contribution is 0.0531. The predicted octanol–water partition coefficient (Wildman–Crippen LogP) is 3.74. The molecule has 1 aromatic heterocycles. The number of piperidine rings is 1. The highest BCUT2D eigenvalue weighted by Crippen LogP contribution is 2.24. The summed E-state index contributed by atoms with van der Waals surface area (Å²) in [5.41, 5.74) is 0.775. The zero-order valence-electron chi connectivity index (χ0n) is 18.5. The molecule has 1 saturated heterocycles. The third kappa shape index (κ3) is 7.36. The van der Waals surface area contributed by atoms with E-state index in [4.69, 9.17) is 4.74 Å². The summed E-state index contributed by atoms with van der Waals surface area (Å²) in [6, 6.07) is -0.0591. The fourth-order valence-electron chi connectivity index (χ4n) is 3.36. The third-order valence-electron chi connectivity index (χ3n) is 5.12. The molecule has 7 nitrogen and oxygen atoms in total.